The first-order chi connectivity index (χ1) is 20.4. The Kier molecular flexibility index (Phi) is 13.5. The van der Waals surface area contributed by atoms with Crippen molar-refractivity contribution in [2.45, 2.75) is 66.2 Å². The lowest BCUT2D eigenvalue weighted by Gasteiger charge is -2.24. The Labute approximate surface area is 262 Å². The number of rotatable bonds is 9. The van der Waals surface area contributed by atoms with Gasteiger partial charge in [-0.05, 0) is 45.8 Å². The molecule has 0 radical (unpaired) electrons. The van der Waals surface area contributed by atoms with E-state index in [9.17, 15) is 23.2 Å². The Hall–Kier alpha value is -3.78. The van der Waals surface area contributed by atoms with Crippen LogP contribution in [0.15, 0.2) is 36.2 Å². The summed E-state index contributed by atoms with van der Waals surface area (Å²) in [6.07, 6.45) is 5.08. The van der Waals surface area contributed by atoms with E-state index in [1.54, 1.807) is 47.6 Å². The first-order valence-electron chi connectivity index (χ1n) is 14.4. The molecule has 2 aliphatic rings. The Bertz CT molecular complexity index is 1370. The molecule has 244 valence electrons. The van der Waals surface area contributed by atoms with Crippen LogP contribution in [-0.4, -0.2) is 92.1 Å². The molecule has 12 nitrogen and oxygen atoms in total. The fraction of sp³-hybridized carbons (Fsp3) is 0.552. The number of amides is 3. The molecule has 0 spiro atoms. The molecule has 0 saturated carbocycles. The zero-order chi connectivity index (χ0) is 31.7. The van der Waals surface area contributed by atoms with Gasteiger partial charge in [0.05, 0.1) is 48.3 Å². The number of hydrogen-bond acceptors (Lipinski definition) is 7. The molecule has 2 aliphatic heterocycles. The zero-order valence-corrected chi connectivity index (χ0v) is 26.8. The Morgan fingerprint density at radius 3 is 1.77 bits per heavy atom. The number of nitrogens with zero attached hydrogens (tertiary/aromatic N) is 6. The summed E-state index contributed by atoms with van der Waals surface area (Å²) in [5.41, 5.74) is 8.27. The summed E-state index contributed by atoms with van der Waals surface area (Å²) in [5, 5.41) is 11.2. The topological polar surface area (TPSA) is 141 Å². The maximum atomic E-state index is 13.1. The third kappa shape index (κ3) is 9.61. The van der Waals surface area contributed by atoms with Gasteiger partial charge in [0.1, 0.15) is 5.60 Å². The van der Waals surface area contributed by atoms with Crippen LogP contribution in [-0.2, 0) is 30.7 Å². The zero-order valence-electron chi connectivity index (χ0n) is 25.9. The molecule has 3 amide bonds. The van der Waals surface area contributed by atoms with E-state index in [1.165, 1.54) is 4.68 Å². The maximum Gasteiger partial charge on any atom is 0.407 e. The largest absolute Gasteiger partial charge is 0.444 e. The molecule has 2 aromatic heterocycles. The maximum absolute atomic E-state index is 13.1. The molecular formula is C29H43ClF2N8O4. The molecule has 0 aromatic carbocycles. The van der Waals surface area contributed by atoms with Crippen LogP contribution in [0.1, 0.15) is 66.7 Å². The van der Waals surface area contributed by atoms with Gasteiger partial charge in [-0.15, -0.1) is 12.4 Å². The molecule has 4 rings (SSSR count). The van der Waals surface area contributed by atoms with Gasteiger partial charge in [-0.1, -0.05) is 0 Å². The van der Waals surface area contributed by atoms with Gasteiger partial charge in [0, 0.05) is 64.5 Å². The van der Waals surface area contributed by atoms with Gasteiger partial charge < -0.3 is 25.6 Å². The number of nitrogens with one attached hydrogen (secondary N) is 1. The molecule has 2 aromatic rings. The van der Waals surface area contributed by atoms with E-state index in [-0.39, 0.29) is 43.9 Å². The minimum Gasteiger partial charge on any atom is -0.444 e. The van der Waals surface area contributed by atoms with Crippen LogP contribution in [0.4, 0.5) is 13.6 Å². The Balaban J connectivity index is 0.000000315. The highest BCUT2D eigenvalue weighted by Crippen LogP contribution is 2.19. The normalized spacial score (nSPS) is 15.2. The second-order valence-electron chi connectivity index (χ2n) is 11.2. The number of alkyl carbamates (subject to hydrolysis) is 1. The Morgan fingerprint density at radius 1 is 0.932 bits per heavy atom. The molecule has 44 heavy (non-hydrogen) atoms. The molecule has 0 unspecified atom stereocenters. The van der Waals surface area contributed by atoms with Crippen LogP contribution in [0, 0.1) is 0 Å². The molecule has 3 N–H and O–H groups in total. The lowest BCUT2D eigenvalue weighted by atomic mass is 10.1. The van der Waals surface area contributed by atoms with E-state index in [4.69, 9.17) is 10.5 Å². The molecule has 4 heterocycles. The minimum atomic E-state index is -0.615. The molecule has 0 atom stereocenters. The summed E-state index contributed by atoms with van der Waals surface area (Å²) in [5.74, 6) is -0.0452. The van der Waals surface area contributed by atoms with Crippen molar-refractivity contribution < 1.29 is 27.9 Å². The van der Waals surface area contributed by atoms with Gasteiger partial charge in [0.15, 0.2) is 0 Å². The summed E-state index contributed by atoms with van der Waals surface area (Å²) in [7, 11) is 0. The highest BCUT2D eigenvalue weighted by molar-refractivity contribution is 5.96. The second kappa shape index (κ2) is 16.3. The molecule has 0 fully saturated rings. The van der Waals surface area contributed by atoms with E-state index in [2.05, 4.69) is 15.5 Å². The van der Waals surface area contributed by atoms with E-state index >= 15 is 0 Å². The third-order valence-corrected chi connectivity index (χ3v) is 6.87. The van der Waals surface area contributed by atoms with Crippen LogP contribution in [0.3, 0.4) is 0 Å². The van der Waals surface area contributed by atoms with Gasteiger partial charge in [0.25, 0.3) is 11.8 Å². The van der Waals surface area contributed by atoms with Gasteiger partial charge in [-0.25, -0.2) is 13.6 Å². The number of aromatic nitrogens is 4. The number of halogens is 3. The lowest BCUT2D eigenvalue weighted by molar-refractivity contribution is 0.0531. The van der Waals surface area contributed by atoms with Crippen LogP contribution < -0.4 is 11.1 Å². The molecule has 15 heteroatoms. The van der Waals surface area contributed by atoms with Crippen molar-refractivity contribution in [2.75, 3.05) is 39.3 Å². The summed E-state index contributed by atoms with van der Waals surface area (Å²) in [6, 6.07) is 0. The van der Waals surface area contributed by atoms with Crippen molar-refractivity contribution >= 4 is 30.3 Å². The van der Waals surface area contributed by atoms with Gasteiger partial charge in [-0.3, -0.25) is 19.0 Å². The van der Waals surface area contributed by atoms with Gasteiger partial charge in [-0.2, -0.15) is 10.2 Å². The molecule has 0 saturated heterocycles. The fourth-order valence-corrected chi connectivity index (χ4v) is 4.63. The summed E-state index contributed by atoms with van der Waals surface area (Å²) in [6.45, 7) is 12.4. The summed E-state index contributed by atoms with van der Waals surface area (Å²) < 4.78 is 33.8. The molecule has 0 aliphatic carbocycles. The number of nitrogens with two attached hydrogens (primary N) is 1. The van der Waals surface area contributed by atoms with Crippen LogP contribution in [0.2, 0.25) is 0 Å². The van der Waals surface area contributed by atoms with Gasteiger partial charge >= 0.3 is 6.09 Å². The second-order valence-corrected chi connectivity index (χ2v) is 11.2. The van der Waals surface area contributed by atoms with Crippen molar-refractivity contribution in [3.63, 3.8) is 0 Å². The molecular weight excluding hydrogens is 598 g/mol. The highest BCUT2D eigenvalue weighted by Gasteiger charge is 2.27. The highest BCUT2D eigenvalue weighted by atomic mass is 35.5. The number of fused-ring (bicyclic) bond motifs is 2. The smallest absolute Gasteiger partial charge is 0.407 e. The van der Waals surface area contributed by atoms with Crippen LogP contribution in [0.25, 0.3) is 0 Å². The van der Waals surface area contributed by atoms with Crippen LogP contribution in [0.5, 0.6) is 0 Å². The van der Waals surface area contributed by atoms with E-state index in [1.807, 2.05) is 13.8 Å². The number of ether oxygens (including phenoxy) is 1. The lowest BCUT2D eigenvalue weighted by Crippen LogP contribution is -2.36. The van der Waals surface area contributed by atoms with Crippen molar-refractivity contribution in [3.05, 3.63) is 58.7 Å². The Morgan fingerprint density at radius 2 is 1.39 bits per heavy atom. The molecule has 0 bridgehead atoms. The predicted molar refractivity (Wildman–Crippen MR) is 164 cm³/mol. The first kappa shape index (κ1) is 36.4. The SMILES string of the molecule is CCN1CCc2nn(C/C(=C/F)CN)cc2C1=O.CCN1CCc2nn(C/C(=C/F)CNC(=O)OC(C)(C)C)cc2C1=O.Cl. The fourth-order valence-electron chi connectivity index (χ4n) is 4.63. The van der Waals surface area contributed by atoms with Crippen molar-refractivity contribution in [1.29, 1.82) is 0 Å². The van der Waals surface area contributed by atoms with Crippen LogP contribution >= 0.6 is 12.4 Å². The number of likely N-dealkylation sites (N-methyl/N-ethyl adjacent to an activating group) is 2. The van der Waals surface area contributed by atoms with E-state index in [0.29, 0.717) is 74.1 Å². The van der Waals surface area contributed by atoms with Crippen molar-refractivity contribution in [1.82, 2.24) is 34.7 Å². The summed E-state index contributed by atoms with van der Waals surface area (Å²) in [4.78, 5) is 39.5. The third-order valence-electron chi connectivity index (χ3n) is 6.87. The average Bonchev–Trinajstić information content (AvgIpc) is 3.58. The van der Waals surface area contributed by atoms with Crippen molar-refractivity contribution in [2.24, 2.45) is 5.73 Å². The number of carbonyl (C=O) groups is 3. The first-order valence-corrected chi connectivity index (χ1v) is 14.4. The number of hydrogen-bond donors (Lipinski definition) is 2. The quantitative estimate of drug-likeness (QED) is 0.428. The minimum absolute atomic E-state index is 0. The average molecular weight is 641 g/mol. The van der Waals surface area contributed by atoms with E-state index in [0.717, 1.165) is 17.8 Å². The number of carbonyl (C=O) groups excluding carboxylic acids is 3. The monoisotopic (exact) mass is 640 g/mol. The summed E-state index contributed by atoms with van der Waals surface area (Å²) >= 11 is 0. The standard InChI is InChI=1S/C17H25FN4O3.C12H17FN4O.ClH/c1-5-21-7-6-14-13(15(21)23)11-22(20-14)10-12(8-18)9-19-16(24)25-17(2,3)4;1-2-16-4-3-11-10(12(16)18)8-17(15-11)7-9(5-13)6-14;/h8,11H,5-7,9-10H2,1-4H3,(H,19,24);5,8H,2-4,6-7,14H2,1H3;1H/b12-8+;9-5+;. The van der Waals surface area contributed by atoms with Gasteiger partial charge in [0.2, 0.25) is 0 Å². The van der Waals surface area contributed by atoms with Crippen molar-refractivity contribution in [3.8, 4) is 0 Å². The predicted octanol–water partition coefficient (Wildman–Crippen LogP) is 3.41. The van der Waals surface area contributed by atoms with E-state index < -0.39 is 11.7 Å².